The molecule has 3 nitrogen and oxygen atoms in total. The topological polar surface area (TPSA) is 18.0 Å². The highest BCUT2D eigenvalue weighted by molar-refractivity contribution is 5.37. The molecule has 1 aliphatic rings. The van der Waals surface area contributed by atoms with E-state index >= 15 is 0 Å². The minimum Gasteiger partial charge on any atom is -0.486 e. The largest absolute Gasteiger partial charge is 0.486 e. The Morgan fingerprint density at radius 2 is 1.86 bits per heavy atom. The van der Waals surface area contributed by atoms with Crippen molar-refractivity contribution >= 4 is 0 Å². The number of hydrogen-bond donors (Lipinski definition) is 0. The molecule has 0 N–H and O–H groups in total. The zero-order valence-corrected chi connectivity index (χ0v) is 12.4. The molecule has 4 rings (SSSR count). The van der Waals surface area contributed by atoms with Crippen LogP contribution in [0, 0.1) is 0 Å². The van der Waals surface area contributed by atoms with Gasteiger partial charge in [0.25, 0.3) is 0 Å². The van der Waals surface area contributed by atoms with E-state index in [1.807, 2.05) is 6.07 Å². The normalized spacial score (nSPS) is 16.3. The van der Waals surface area contributed by atoms with Crippen LogP contribution in [0.1, 0.15) is 11.1 Å². The Bertz CT molecular complexity index is 739. The SMILES string of the molecule is c1ccc(C[n+]2ccn(CC3Cc4ccccc4O3)c2)cc1. The van der Waals surface area contributed by atoms with Gasteiger partial charge < -0.3 is 4.74 Å². The van der Waals surface area contributed by atoms with E-state index in [9.17, 15) is 0 Å². The van der Waals surface area contributed by atoms with Crippen LogP contribution in [-0.4, -0.2) is 10.7 Å². The average Bonchev–Trinajstić information content (AvgIpc) is 3.14. The Labute approximate surface area is 130 Å². The van der Waals surface area contributed by atoms with E-state index in [-0.39, 0.29) is 6.10 Å². The molecule has 0 saturated carbocycles. The van der Waals surface area contributed by atoms with Crippen LogP contribution in [0.2, 0.25) is 0 Å². The lowest BCUT2D eigenvalue weighted by Gasteiger charge is -2.07. The smallest absolute Gasteiger partial charge is 0.244 e. The Morgan fingerprint density at radius 1 is 1.05 bits per heavy atom. The second-order valence-corrected chi connectivity index (χ2v) is 5.82. The predicted octanol–water partition coefficient (Wildman–Crippen LogP) is 2.83. The van der Waals surface area contributed by atoms with Crippen LogP contribution < -0.4 is 9.30 Å². The van der Waals surface area contributed by atoms with Crippen molar-refractivity contribution in [3.8, 4) is 5.75 Å². The number of benzene rings is 2. The van der Waals surface area contributed by atoms with Crippen LogP contribution >= 0.6 is 0 Å². The molecule has 0 bridgehead atoms. The minimum atomic E-state index is 0.231. The van der Waals surface area contributed by atoms with Crippen LogP contribution in [0.15, 0.2) is 73.3 Å². The number of ether oxygens (including phenoxy) is 1. The maximum atomic E-state index is 6.01. The summed E-state index contributed by atoms with van der Waals surface area (Å²) in [5.41, 5.74) is 2.63. The lowest BCUT2D eigenvalue weighted by Crippen LogP contribution is -2.32. The molecule has 1 aromatic heterocycles. The Kier molecular flexibility index (Phi) is 3.39. The molecule has 1 unspecified atom stereocenters. The van der Waals surface area contributed by atoms with Crippen molar-refractivity contribution in [2.75, 3.05) is 0 Å². The van der Waals surface area contributed by atoms with Gasteiger partial charge in [0.1, 0.15) is 37.3 Å². The molecule has 0 amide bonds. The first-order chi connectivity index (χ1) is 10.9. The summed E-state index contributed by atoms with van der Waals surface area (Å²) in [6.07, 6.45) is 7.62. The van der Waals surface area contributed by atoms with Gasteiger partial charge in [-0.15, -0.1) is 0 Å². The van der Waals surface area contributed by atoms with Gasteiger partial charge in [-0.3, -0.25) is 0 Å². The summed E-state index contributed by atoms with van der Waals surface area (Å²) in [7, 11) is 0. The van der Waals surface area contributed by atoms with Gasteiger partial charge >= 0.3 is 0 Å². The Balaban J connectivity index is 1.41. The van der Waals surface area contributed by atoms with Crippen molar-refractivity contribution < 1.29 is 9.30 Å². The molecule has 22 heavy (non-hydrogen) atoms. The van der Waals surface area contributed by atoms with Gasteiger partial charge in [0.2, 0.25) is 6.33 Å². The summed E-state index contributed by atoms with van der Waals surface area (Å²) < 4.78 is 10.4. The molecule has 0 spiro atoms. The Hall–Kier alpha value is -2.55. The molecule has 2 heterocycles. The number of nitrogens with zero attached hydrogens (tertiary/aromatic N) is 2. The predicted molar refractivity (Wildman–Crippen MR) is 84.7 cm³/mol. The molecular weight excluding hydrogens is 272 g/mol. The number of hydrogen-bond acceptors (Lipinski definition) is 1. The molecule has 1 aliphatic heterocycles. The van der Waals surface area contributed by atoms with E-state index in [1.165, 1.54) is 11.1 Å². The monoisotopic (exact) mass is 291 g/mol. The average molecular weight is 291 g/mol. The molecule has 110 valence electrons. The minimum absolute atomic E-state index is 0.231. The standard InChI is InChI=1S/C19H19N2O/c1-2-6-16(7-3-1)13-20-10-11-21(15-20)14-18-12-17-8-4-5-9-19(17)22-18/h1-11,15,18H,12-14H2/q+1. The number of imidazole rings is 1. The van der Waals surface area contributed by atoms with Crippen molar-refractivity contribution in [1.82, 2.24) is 4.57 Å². The Morgan fingerprint density at radius 3 is 2.73 bits per heavy atom. The van der Waals surface area contributed by atoms with E-state index in [1.54, 1.807) is 0 Å². The molecule has 0 saturated heterocycles. The third-order valence-electron chi connectivity index (χ3n) is 4.08. The molecular formula is C19H19N2O+. The molecule has 0 aliphatic carbocycles. The third kappa shape index (κ3) is 2.75. The van der Waals surface area contributed by atoms with Crippen molar-refractivity contribution in [1.29, 1.82) is 0 Å². The molecule has 3 heteroatoms. The van der Waals surface area contributed by atoms with Gasteiger partial charge in [0, 0.05) is 6.42 Å². The molecule has 3 aromatic rings. The first-order valence-electron chi connectivity index (χ1n) is 7.70. The second-order valence-electron chi connectivity index (χ2n) is 5.82. The highest BCUT2D eigenvalue weighted by Gasteiger charge is 2.24. The fraction of sp³-hybridized carbons (Fsp3) is 0.211. The number of para-hydroxylation sites is 1. The first-order valence-corrected chi connectivity index (χ1v) is 7.70. The quantitative estimate of drug-likeness (QED) is 0.676. The van der Waals surface area contributed by atoms with Gasteiger partial charge in [-0.1, -0.05) is 48.5 Å². The summed E-state index contributed by atoms with van der Waals surface area (Å²) >= 11 is 0. The number of aromatic nitrogens is 2. The summed E-state index contributed by atoms with van der Waals surface area (Å²) in [5.74, 6) is 1.04. The summed E-state index contributed by atoms with van der Waals surface area (Å²) in [6.45, 7) is 1.79. The van der Waals surface area contributed by atoms with Crippen LogP contribution in [-0.2, 0) is 19.5 Å². The van der Waals surface area contributed by atoms with Crippen LogP contribution in [0.3, 0.4) is 0 Å². The molecule has 2 aromatic carbocycles. The van der Waals surface area contributed by atoms with E-state index < -0.39 is 0 Å². The molecule has 0 fully saturated rings. The molecule has 0 radical (unpaired) electrons. The first kappa shape index (κ1) is 13.1. The van der Waals surface area contributed by atoms with Crippen molar-refractivity contribution in [3.63, 3.8) is 0 Å². The zero-order chi connectivity index (χ0) is 14.8. The maximum absolute atomic E-state index is 6.01. The lowest BCUT2D eigenvalue weighted by molar-refractivity contribution is -0.687. The molecule has 1 atom stereocenters. The van der Waals surface area contributed by atoms with Crippen molar-refractivity contribution in [2.24, 2.45) is 0 Å². The fourth-order valence-corrected chi connectivity index (χ4v) is 3.03. The number of fused-ring (bicyclic) bond motifs is 1. The second kappa shape index (κ2) is 5.68. The maximum Gasteiger partial charge on any atom is 0.244 e. The van der Waals surface area contributed by atoms with E-state index in [2.05, 4.69) is 76.4 Å². The highest BCUT2D eigenvalue weighted by Crippen LogP contribution is 2.28. The van der Waals surface area contributed by atoms with Crippen molar-refractivity contribution in [2.45, 2.75) is 25.6 Å². The van der Waals surface area contributed by atoms with Gasteiger partial charge in [0.05, 0.1) is 0 Å². The fourth-order valence-electron chi connectivity index (χ4n) is 3.03. The summed E-state index contributed by atoms with van der Waals surface area (Å²) in [4.78, 5) is 0. The van der Waals surface area contributed by atoms with Crippen LogP contribution in [0.25, 0.3) is 0 Å². The van der Waals surface area contributed by atoms with E-state index in [0.29, 0.717) is 0 Å². The van der Waals surface area contributed by atoms with Gasteiger partial charge in [-0.2, -0.15) is 0 Å². The van der Waals surface area contributed by atoms with E-state index in [0.717, 1.165) is 25.3 Å². The summed E-state index contributed by atoms with van der Waals surface area (Å²) in [5, 5.41) is 0. The lowest BCUT2D eigenvalue weighted by atomic mass is 10.1. The van der Waals surface area contributed by atoms with E-state index in [4.69, 9.17) is 4.74 Å². The highest BCUT2D eigenvalue weighted by atomic mass is 16.5. The summed E-state index contributed by atoms with van der Waals surface area (Å²) in [6, 6.07) is 18.8. The van der Waals surface area contributed by atoms with Gasteiger partial charge in [0.15, 0.2) is 0 Å². The van der Waals surface area contributed by atoms with Gasteiger partial charge in [-0.25, -0.2) is 9.13 Å². The van der Waals surface area contributed by atoms with Gasteiger partial charge in [-0.05, 0) is 17.2 Å². The third-order valence-corrected chi connectivity index (χ3v) is 4.08. The zero-order valence-electron chi connectivity index (χ0n) is 12.4. The van der Waals surface area contributed by atoms with Crippen LogP contribution in [0.5, 0.6) is 5.75 Å². The number of rotatable bonds is 4. The van der Waals surface area contributed by atoms with Crippen molar-refractivity contribution in [3.05, 3.63) is 84.4 Å². The van der Waals surface area contributed by atoms with Crippen LogP contribution in [0.4, 0.5) is 0 Å².